The number of hydrogen-bond donors (Lipinski definition) is 0. The van der Waals surface area contributed by atoms with Gasteiger partial charge < -0.3 is 18.9 Å². The van der Waals surface area contributed by atoms with Crippen molar-refractivity contribution in [3.05, 3.63) is 143 Å². The Bertz CT molecular complexity index is 2280. The van der Waals surface area contributed by atoms with Crippen LogP contribution in [0.15, 0.2) is 109 Å². The number of fused-ring (bicyclic) bond motifs is 2. The van der Waals surface area contributed by atoms with E-state index in [0.717, 1.165) is 9.80 Å². The van der Waals surface area contributed by atoms with E-state index in [4.69, 9.17) is 18.9 Å². The van der Waals surface area contributed by atoms with Gasteiger partial charge in [0.15, 0.2) is 0 Å². The largest absolute Gasteiger partial charge is 0.427 e. The van der Waals surface area contributed by atoms with Crippen LogP contribution in [0.5, 0.6) is 23.0 Å². The minimum Gasteiger partial charge on any atom is -0.427 e. The van der Waals surface area contributed by atoms with Crippen molar-refractivity contribution < 1.29 is 57.3 Å². The number of imide groups is 2. The van der Waals surface area contributed by atoms with Gasteiger partial charge in [0.1, 0.15) is 23.0 Å². The molecule has 14 heteroatoms. The summed E-state index contributed by atoms with van der Waals surface area (Å²) in [5.74, 6) is -4.52. The normalized spacial score (nSPS) is 13.0. The Labute approximate surface area is 305 Å². The number of carbonyl (C=O) groups excluding carboxylic acids is 8. The molecule has 266 valence electrons. The Morgan fingerprint density at radius 3 is 1.02 bits per heavy atom. The van der Waals surface area contributed by atoms with Gasteiger partial charge in [-0.2, -0.15) is 0 Å². The van der Waals surface area contributed by atoms with Crippen molar-refractivity contribution in [1.82, 2.24) is 0 Å². The van der Waals surface area contributed by atoms with E-state index in [-0.39, 0.29) is 67.8 Å². The van der Waals surface area contributed by atoms with Gasteiger partial charge in [-0.15, -0.1) is 0 Å². The summed E-state index contributed by atoms with van der Waals surface area (Å²) >= 11 is 0. The molecule has 0 unspecified atom stereocenters. The summed E-state index contributed by atoms with van der Waals surface area (Å²) in [6, 6.07) is 25.0. The van der Waals surface area contributed by atoms with Crippen LogP contribution in [-0.2, 0) is 9.59 Å². The zero-order valence-corrected chi connectivity index (χ0v) is 28.2. The van der Waals surface area contributed by atoms with Crippen molar-refractivity contribution in [2.75, 3.05) is 9.80 Å². The Hall–Kier alpha value is -7.74. The molecule has 2 aliphatic rings. The highest BCUT2D eigenvalue weighted by atomic mass is 16.5. The van der Waals surface area contributed by atoms with Gasteiger partial charge in [0.2, 0.25) is 0 Å². The Morgan fingerprint density at radius 1 is 0.389 bits per heavy atom. The zero-order chi connectivity index (χ0) is 38.3. The minimum absolute atomic E-state index is 0.000299. The Balaban J connectivity index is 0.986. The predicted octanol–water partition coefficient (Wildman–Crippen LogP) is 5.58. The maximum atomic E-state index is 13.2. The van der Waals surface area contributed by atoms with E-state index >= 15 is 0 Å². The SMILES string of the molecule is CC(=O)Oc1ccc(N2C(=O)c3ccc(C(=O)Oc4ccc(OC(=O)c5ccc6c(c5)C(=O)N(c5ccc(OC(C)=O)cc5)C6=O)cc4)cc3C2=O)cc1. The van der Waals surface area contributed by atoms with Crippen LogP contribution < -0.4 is 28.7 Å². The molecule has 0 saturated carbocycles. The molecule has 14 nitrogen and oxygen atoms in total. The van der Waals surface area contributed by atoms with Crippen LogP contribution >= 0.6 is 0 Å². The highest BCUT2D eigenvalue weighted by Crippen LogP contribution is 2.32. The number of anilines is 2. The van der Waals surface area contributed by atoms with Crippen LogP contribution in [0.4, 0.5) is 11.4 Å². The lowest BCUT2D eigenvalue weighted by atomic mass is 10.1. The van der Waals surface area contributed by atoms with Crippen LogP contribution in [-0.4, -0.2) is 47.5 Å². The lowest BCUT2D eigenvalue weighted by Crippen LogP contribution is -2.29. The molecule has 5 aromatic carbocycles. The molecule has 2 aliphatic heterocycles. The number of esters is 4. The fourth-order valence-corrected chi connectivity index (χ4v) is 5.77. The molecule has 7 rings (SSSR count). The molecule has 0 saturated heterocycles. The van der Waals surface area contributed by atoms with E-state index in [1.807, 2.05) is 0 Å². The van der Waals surface area contributed by atoms with Gasteiger partial charge in [0.25, 0.3) is 23.6 Å². The number of carbonyl (C=O) groups is 8. The fourth-order valence-electron chi connectivity index (χ4n) is 5.77. The highest BCUT2D eigenvalue weighted by Gasteiger charge is 2.38. The van der Waals surface area contributed by atoms with Gasteiger partial charge >= 0.3 is 23.9 Å². The van der Waals surface area contributed by atoms with E-state index < -0.39 is 47.5 Å². The average Bonchev–Trinajstić information content (AvgIpc) is 3.55. The Morgan fingerprint density at radius 2 is 0.685 bits per heavy atom. The third-order valence-electron chi connectivity index (χ3n) is 8.20. The maximum Gasteiger partial charge on any atom is 0.343 e. The predicted molar refractivity (Wildman–Crippen MR) is 187 cm³/mol. The van der Waals surface area contributed by atoms with E-state index in [1.54, 1.807) is 0 Å². The molecule has 0 N–H and O–H groups in total. The second-order valence-corrected chi connectivity index (χ2v) is 11.8. The first-order chi connectivity index (χ1) is 25.9. The number of nitrogens with zero attached hydrogens (tertiary/aromatic N) is 2. The molecule has 0 spiro atoms. The smallest absolute Gasteiger partial charge is 0.343 e. The summed E-state index contributed by atoms with van der Waals surface area (Å²) in [5, 5.41) is 0. The van der Waals surface area contributed by atoms with E-state index in [1.165, 1.54) is 123 Å². The molecule has 0 aliphatic carbocycles. The van der Waals surface area contributed by atoms with Crippen LogP contribution in [0.3, 0.4) is 0 Å². The molecule has 5 aromatic rings. The lowest BCUT2D eigenvalue weighted by Gasteiger charge is -2.14. The third kappa shape index (κ3) is 6.57. The zero-order valence-electron chi connectivity index (χ0n) is 28.2. The number of benzene rings is 5. The van der Waals surface area contributed by atoms with Gasteiger partial charge in [-0.05, 0) is 109 Å². The molecule has 0 aromatic heterocycles. The third-order valence-corrected chi connectivity index (χ3v) is 8.20. The number of amides is 4. The molecule has 2 heterocycles. The summed E-state index contributed by atoms with van der Waals surface area (Å²) in [6.07, 6.45) is 0. The lowest BCUT2D eigenvalue weighted by molar-refractivity contribution is -0.132. The standard InChI is InChI=1S/C40H24N2O12/c1-21(43)51-27-9-5-25(6-10-27)41-35(45)31-17-3-23(19-33(31)37(41)47)39(49)53-29-13-15-30(16-14-29)54-40(50)24-4-18-32-34(20-24)38(48)42(36(32)46)26-7-11-28(12-8-26)52-22(2)44/h3-20H,1-2H3. The topological polar surface area (TPSA) is 180 Å². The number of hydrogen-bond acceptors (Lipinski definition) is 12. The molecular weight excluding hydrogens is 700 g/mol. The molecule has 0 bridgehead atoms. The van der Waals surface area contributed by atoms with Crippen molar-refractivity contribution >= 4 is 58.9 Å². The quantitative estimate of drug-likeness (QED) is 0.110. The molecule has 0 atom stereocenters. The second kappa shape index (κ2) is 13.8. The van der Waals surface area contributed by atoms with Crippen LogP contribution in [0, 0.1) is 0 Å². The highest BCUT2D eigenvalue weighted by molar-refractivity contribution is 6.35. The van der Waals surface area contributed by atoms with Crippen molar-refractivity contribution in [3.63, 3.8) is 0 Å². The van der Waals surface area contributed by atoms with Gasteiger partial charge in [-0.1, -0.05) is 0 Å². The van der Waals surface area contributed by atoms with Crippen molar-refractivity contribution in [1.29, 1.82) is 0 Å². The summed E-state index contributed by atoms with van der Waals surface area (Å²) in [4.78, 5) is 103. The Kier molecular flexibility index (Phi) is 8.84. The average molecular weight is 725 g/mol. The number of ether oxygens (including phenoxy) is 4. The molecule has 0 fully saturated rings. The fraction of sp³-hybridized carbons (Fsp3) is 0.0500. The van der Waals surface area contributed by atoms with Crippen molar-refractivity contribution in [2.24, 2.45) is 0 Å². The first-order valence-corrected chi connectivity index (χ1v) is 16.0. The first kappa shape index (κ1) is 34.7. The second-order valence-electron chi connectivity index (χ2n) is 11.8. The first-order valence-electron chi connectivity index (χ1n) is 16.0. The van der Waals surface area contributed by atoms with E-state index in [9.17, 15) is 38.4 Å². The monoisotopic (exact) mass is 724 g/mol. The summed E-state index contributed by atoms with van der Waals surface area (Å²) in [6.45, 7) is 2.49. The summed E-state index contributed by atoms with van der Waals surface area (Å²) in [7, 11) is 0. The van der Waals surface area contributed by atoms with Crippen LogP contribution in [0.2, 0.25) is 0 Å². The number of rotatable bonds is 8. The maximum absolute atomic E-state index is 13.2. The van der Waals surface area contributed by atoms with Crippen molar-refractivity contribution in [2.45, 2.75) is 13.8 Å². The summed E-state index contributed by atoms with van der Waals surface area (Å²) < 4.78 is 20.9. The van der Waals surface area contributed by atoms with Crippen LogP contribution in [0.25, 0.3) is 0 Å². The van der Waals surface area contributed by atoms with Gasteiger partial charge in [-0.25, -0.2) is 19.4 Å². The molecule has 4 amide bonds. The van der Waals surface area contributed by atoms with E-state index in [0.29, 0.717) is 0 Å². The van der Waals surface area contributed by atoms with Gasteiger partial charge in [0, 0.05) is 13.8 Å². The minimum atomic E-state index is -0.821. The van der Waals surface area contributed by atoms with Crippen molar-refractivity contribution in [3.8, 4) is 23.0 Å². The molecular formula is C40H24N2O12. The van der Waals surface area contributed by atoms with Crippen LogP contribution in [0.1, 0.15) is 76.0 Å². The molecule has 0 radical (unpaired) electrons. The van der Waals surface area contributed by atoms with Gasteiger partial charge in [0.05, 0.1) is 44.8 Å². The van der Waals surface area contributed by atoms with Gasteiger partial charge in [-0.3, -0.25) is 28.8 Å². The molecule has 54 heavy (non-hydrogen) atoms. The summed E-state index contributed by atoms with van der Waals surface area (Å²) in [5.41, 5.74) is 0.678. The van der Waals surface area contributed by atoms with E-state index in [2.05, 4.69) is 0 Å².